The van der Waals surface area contributed by atoms with Crippen molar-refractivity contribution < 1.29 is 5.11 Å². The Morgan fingerprint density at radius 2 is 2.22 bits per heavy atom. The molecule has 1 atom stereocenters. The van der Waals surface area contributed by atoms with Crippen LogP contribution in [0.3, 0.4) is 0 Å². The van der Waals surface area contributed by atoms with E-state index in [9.17, 15) is 5.11 Å². The van der Waals surface area contributed by atoms with E-state index in [4.69, 9.17) is 11.6 Å². The monoisotopic (exact) mass is 284 g/mol. The van der Waals surface area contributed by atoms with Gasteiger partial charge in [0, 0.05) is 28.8 Å². The first-order chi connectivity index (χ1) is 8.52. The van der Waals surface area contributed by atoms with Crippen molar-refractivity contribution >= 4 is 22.9 Å². The molecule has 0 saturated heterocycles. The van der Waals surface area contributed by atoms with Gasteiger partial charge in [-0.25, -0.2) is 0 Å². The Labute approximate surface area is 116 Å². The minimum atomic E-state index is -0.504. The lowest BCUT2D eigenvalue weighted by Gasteiger charge is -2.08. The number of hydrogen-bond acceptors (Lipinski definition) is 3. The second-order valence-corrected chi connectivity index (χ2v) is 5.91. The van der Waals surface area contributed by atoms with Crippen LogP contribution in [0.4, 0.5) is 0 Å². The number of aliphatic hydroxyl groups excluding tert-OH is 1. The molecule has 0 spiro atoms. The molecule has 0 aromatic carbocycles. The number of aromatic nitrogens is 2. The van der Waals surface area contributed by atoms with Crippen molar-refractivity contribution in [2.24, 2.45) is 7.05 Å². The lowest BCUT2D eigenvalue weighted by Crippen LogP contribution is -2.00. The number of halogens is 1. The third-order valence-electron chi connectivity index (χ3n) is 3.03. The predicted octanol–water partition coefficient (Wildman–Crippen LogP) is 3.28. The van der Waals surface area contributed by atoms with Gasteiger partial charge in [0.1, 0.15) is 5.15 Å². The van der Waals surface area contributed by atoms with Crippen LogP contribution in [0.15, 0.2) is 12.1 Å². The third-order valence-corrected chi connectivity index (χ3v) is 4.83. The fourth-order valence-electron chi connectivity index (χ4n) is 1.96. The van der Waals surface area contributed by atoms with E-state index in [0.717, 1.165) is 22.6 Å². The van der Waals surface area contributed by atoms with Crippen molar-refractivity contribution in [3.63, 3.8) is 0 Å². The molecule has 0 aliphatic rings. The summed E-state index contributed by atoms with van der Waals surface area (Å²) in [6.07, 6.45) is 1.02. The van der Waals surface area contributed by atoms with Gasteiger partial charge in [-0.1, -0.05) is 18.5 Å². The van der Waals surface area contributed by atoms with Gasteiger partial charge in [0.15, 0.2) is 0 Å². The predicted molar refractivity (Wildman–Crippen MR) is 75.3 cm³/mol. The molecular weight excluding hydrogens is 268 g/mol. The Balaban J connectivity index is 2.18. The number of aliphatic hydroxyl groups is 1. The Morgan fingerprint density at radius 3 is 2.72 bits per heavy atom. The van der Waals surface area contributed by atoms with Gasteiger partial charge >= 0.3 is 0 Å². The maximum atomic E-state index is 10.3. The van der Waals surface area contributed by atoms with Crippen LogP contribution < -0.4 is 0 Å². The summed E-state index contributed by atoms with van der Waals surface area (Å²) in [5.41, 5.74) is 1.81. The molecule has 0 aliphatic heterocycles. The van der Waals surface area contributed by atoms with E-state index in [2.05, 4.69) is 18.1 Å². The number of aryl methyl sites for hydroxylation is 3. The minimum Gasteiger partial charge on any atom is -0.387 e. The lowest BCUT2D eigenvalue weighted by molar-refractivity contribution is 0.182. The molecule has 3 nitrogen and oxygen atoms in total. The first-order valence-electron chi connectivity index (χ1n) is 5.97. The van der Waals surface area contributed by atoms with Gasteiger partial charge in [0.2, 0.25) is 0 Å². The highest BCUT2D eigenvalue weighted by Crippen LogP contribution is 2.29. The average Bonchev–Trinajstić information content (AvgIpc) is 2.90. The summed E-state index contributed by atoms with van der Waals surface area (Å²) in [4.78, 5) is 2.28. The van der Waals surface area contributed by atoms with E-state index in [-0.39, 0.29) is 0 Å². The fraction of sp³-hybridized carbons (Fsp3) is 0.462. The van der Waals surface area contributed by atoms with Gasteiger partial charge in [-0.2, -0.15) is 5.10 Å². The Bertz CT molecular complexity index is 547. The molecule has 1 unspecified atom stereocenters. The zero-order valence-electron chi connectivity index (χ0n) is 10.8. The zero-order valence-corrected chi connectivity index (χ0v) is 12.3. The smallest absolute Gasteiger partial charge is 0.130 e. The molecular formula is C13H17ClN2OS. The molecule has 0 fully saturated rings. The van der Waals surface area contributed by atoms with Crippen LogP contribution >= 0.6 is 22.9 Å². The molecule has 1 N–H and O–H groups in total. The van der Waals surface area contributed by atoms with Crippen molar-refractivity contribution in [1.82, 2.24) is 9.78 Å². The maximum Gasteiger partial charge on any atom is 0.130 e. The van der Waals surface area contributed by atoms with Gasteiger partial charge in [-0.15, -0.1) is 11.3 Å². The second-order valence-electron chi connectivity index (χ2n) is 4.36. The molecule has 2 rings (SSSR count). The average molecular weight is 285 g/mol. The summed E-state index contributed by atoms with van der Waals surface area (Å²) in [7, 11) is 1.81. The van der Waals surface area contributed by atoms with Crippen LogP contribution in [-0.4, -0.2) is 14.9 Å². The standard InChI is InChI=1S/C13H17ClN2OS/c1-4-9-5-6-12(18-9)11(17)7-10-8(2)15-16(3)13(10)14/h5-6,11,17H,4,7H2,1-3H3. The summed E-state index contributed by atoms with van der Waals surface area (Å²) in [5.74, 6) is 0. The number of hydrogen-bond donors (Lipinski definition) is 1. The summed E-state index contributed by atoms with van der Waals surface area (Å²) < 4.78 is 1.64. The first-order valence-corrected chi connectivity index (χ1v) is 7.17. The molecule has 2 heterocycles. The van der Waals surface area contributed by atoms with Crippen LogP contribution in [-0.2, 0) is 19.9 Å². The molecule has 5 heteroatoms. The van der Waals surface area contributed by atoms with E-state index in [0.29, 0.717) is 11.6 Å². The van der Waals surface area contributed by atoms with Crippen LogP contribution in [0.2, 0.25) is 5.15 Å². The van der Waals surface area contributed by atoms with E-state index >= 15 is 0 Å². The van der Waals surface area contributed by atoms with Gasteiger partial charge in [-0.3, -0.25) is 4.68 Å². The summed E-state index contributed by atoms with van der Waals surface area (Å²) in [6.45, 7) is 4.03. The largest absolute Gasteiger partial charge is 0.387 e. The topological polar surface area (TPSA) is 38.1 Å². The molecule has 0 amide bonds. The summed E-state index contributed by atoms with van der Waals surface area (Å²) in [6, 6.07) is 4.06. The van der Waals surface area contributed by atoms with Crippen LogP contribution in [0, 0.1) is 6.92 Å². The Kier molecular flexibility index (Phi) is 4.10. The minimum absolute atomic E-state index is 0.504. The SMILES string of the molecule is CCc1ccc(C(O)Cc2c(C)nn(C)c2Cl)s1. The van der Waals surface area contributed by atoms with Crippen LogP contribution in [0.5, 0.6) is 0 Å². The number of thiophene rings is 1. The van der Waals surface area contributed by atoms with E-state index < -0.39 is 6.10 Å². The van der Waals surface area contributed by atoms with Crippen LogP contribution in [0.1, 0.15) is 34.0 Å². The fourth-order valence-corrected chi connectivity index (χ4v) is 3.15. The quantitative estimate of drug-likeness (QED) is 0.936. The van der Waals surface area contributed by atoms with Crippen molar-refractivity contribution in [2.75, 3.05) is 0 Å². The molecule has 0 bridgehead atoms. The van der Waals surface area contributed by atoms with E-state index in [1.165, 1.54) is 4.88 Å². The molecule has 98 valence electrons. The van der Waals surface area contributed by atoms with Crippen molar-refractivity contribution in [3.05, 3.63) is 38.3 Å². The van der Waals surface area contributed by atoms with E-state index in [1.807, 2.05) is 20.0 Å². The normalized spacial score (nSPS) is 12.9. The van der Waals surface area contributed by atoms with Crippen molar-refractivity contribution in [2.45, 2.75) is 32.8 Å². The molecule has 18 heavy (non-hydrogen) atoms. The molecule has 0 aliphatic carbocycles. The van der Waals surface area contributed by atoms with Gasteiger partial charge in [-0.05, 0) is 25.5 Å². The molecule has 0 radical (unpaired) electrons. The highest BCUT2D eigenvalue weighted by molar-refractivity contribution is 7.12. The summed E-state index contributed by atoms with van der Waals surface area (Å²) >= 11 is 7.83. The van der Waals surface area contributed by atoms with Crippen LogP contribution in [0.25, 0.3) is 0 Å². The number of rotatable bonds is 4. The zero-order chi connectivity index (χ0) is 13.3. The van der Waals surface area contributed by atoms with Crippen molar-refractivity contribution in [3.8, 4) is 0 Å². The Hall–Kier alpha value is -0.840. The van der Waals surface area contributed by atoms with Gasteiger partial charge in [0.25, 0.3) is 0 Å². The number of nitrogens with zero attached hydrogens (tertiary/aromatic N) is 2. The highest BCUT2D eigenvalue weighted by Gasteiger charge is 2.17. The lowest BCUT2D eigenvalue weighted by atomic mass is 10.1. The first kappa shape index (κ1) is 13.6. The Morgan fingerprint density at radius 1 is 1.50 bits per heavy atom. The maximum absolute atomic E-state index is 10.3. The molecule has 2 aromatic rings. The summed E-state index contributed by atoms with van der Waals surface area (Å²) in [5, 5.41) is 15.1. The van der Waals surface area contributed by atoms with Gasteiger partial charge < -0.3 is 5.11 Å². The molecule has 0 saturated carbocycles. The highest BCUT2D eigenvalue weighted by atomic mass is 35.5. The third kappa shape index (κ3) is 2.60. The molecule has 2 aromatic heterocycles. The van der Waals surface area contributed by atoms with Crippen molar-refractivity contribution in [1.29, 1.82) is 0 Å². The second kappa shape index (κ2) is 5.43. The van der Waals surface area contributed by atoms with E-state index in [1.54, 1.807) is 16.0 Å². The van der Waals surface area contributed by atoms with Gasteiger partial charge in [0.05, 0.1) is 11.8 Å².